The summed E-state index contributed by atoms with van der Waals surface area (Å²) in [6.07, 6.45) is 7.77. The molecule has 4 heterocycles. The Balaban J connectivity index is 1.65. The van der Waals surface area contributed by atoms with Crippen molar-refractivity contribution in [2.45, 2.75) is 44.7 Å². The van der Waals surface area contributed by atoms with Gasteiger partial charge in [-0.2, -0.15) is 4.98 Å². The number of amides is 1. The summed E-state index contributed by atoms with van der Waals surface area (Å²) in [7, 11) is 2.16. The minimum absolute atomic E-state index is 0.0216. The summed E-state index contributed by atoms with van der Waals surface area (Å²) in [6, 6.07) is 2.52. The highest BCUT2D eigenvalue weighted by molar-refractivity contribution is 6.00. The zero-order chi connectivity index (χ0) is 17.4. The molecular weight excluding hydrogens is 318 g/mol. The van der Waals surface area contributed by atoms with Gasteiger partial charge < -0.3 is 14.3 Å². The number of pyridine rings is 1. The Morgan fingerprint density at radius 3 is 2.76 bits per heavy atom. The van der Waals surface area contributed by atoms with Crippen LogP contribution >= 0.6 is 0 Å². The average Bonchev–Trinajstić information content (AvgIpc) is 3.34. The van der Waals surface area contributed by atoms with Gasteiger partial charge in [-0.05, 0) is 45.3 Å². The zero-order valence-electron chi connectivity index (χ0n) is 14.7. The largest absolute Gasteiger partial charge is 0.339 e. The minimum atomic E-state index is 0.0216. The van der Waals surface area contributed by atoms with Crippen LogP contribution in [0.1, 0.15) is 41.9 Å². The Bertz CT molecular complexity index is 774. The van der Waals surface area contributed by atoms with Crippen LogP contribution in [0.4, 0.5) is 0 Å². The maximum absolute atomic E-state index is 13.3. The lowest BCUT2D eigenvalue weighted by atomic mass is 10.0. The molecule has 7 heteroatoms. The number of likely N-dealkylation sites (tertiary alicyclic amines) is 2. The van der Waals surface area contributed by atoms with Crippen molar-refractivity contribution in [3.8, 4) is 11.4 Å². The molecule has 4 rings (SSSR count). The number of likely N-dealkylation sites (N-methyl/N-ethyl adjacent to an activating group) is 1. The normalized spacial score (nSPS) is 24.2. The molecule has 0 unspecified atom stereocenters. The SMILES string of the molecule is Cc1nc(-c2ccncc2C(=O)N2CCC[C@H]2[C@@H]2CCCN2C)no1. The Morgan fingerprint density at radius 1 is 1.24 bits per heavy atom. The van der Waals surface area contributed by atoms with Crippen LogP contribution in [0.25, 0.3) is 11.4 Å². The third-order valence-corrected chi connectivity index (χ3v) is 5.40. The van der Waals surface area contributed by atoms with Gasteiger partial charge in [0, 0.05) is 43.5 Å². The second kappa shape index (κ2) is 6.55. The van der Waals surface area contributed by atoms with E-state index in [0.29, 0.717) is 28.9 Å². The smallest absolute Gasteiger partial charge is 0.256 e. The summed E-state index contributed by atoms with van der Waals surface area (Å²) in [6.45, 7) is 3.66. The number of carbonyl (C=O) groups is 1. The fourth-order valence-electron chi connectivity index (χ4n) is 4.19. The lowest BCUT2D eigenvalue weighted by Crippen LogP contribution is -2.47. The van der Waals surface area contributed by atoms with Gasteiger partial charge in [0.05, 0.1) is 5.56 Å². The summed E-state index contributed by atoms with van der Waals surface area (Å²) in [5, 5.41) is 3.97. The first-order chi connectivity index (χ1) is 12.1. The molecule has 25 heavy (non-hydrogen) atoms. The summed E-state index contributed by atoms with van der Waals surface area (Å²) >= 11 is 0. The quantitative estimate of drug-likeness (QED) is 0.851. The molecule has 2 atom stereocenters. The fraction of sp³-hybridized carbons (Fsp3) is 0.556. The van der Waals surface area contributed by atoms with E-state index in [0.717, 1.165) is 32.4 Å². The highest BCUT2D eigenvalue weighted by Gasteiger charge is 2.39. The molecule has 2 aromatic heterocycles. The molecule has 2 aliphatic rings. The summed E-state index contributed by atoms with van der Waals surface area (Å²) in [5.41, 5.74) is 1.23. The van der Waals surface area contributed by atoms with Crippen molar-refractivity contribution in [2.75, 3.05) is 20.1 Å². The number of rotatable bonds is 3. The number of hydrogen-bond acceptors (Lipinski definition) is 6. The first-order valence-electron chi connectivity index (χ1n) is 8.91. The van der Waals surface area contributed by atoms with Gasteiger partial charge in [0.15, 0.2) is 0 Å². The third kappa shape index (κ3) is 2.93. The van der Waals surface area contributed by atoms with Gasteiger partial charge in [0.25, 0.3) is 5.91 Å². The molecule has 2 aliphatic heterocycles. The van der Waals surface area contributed by atoms with Crippen molar-refractivity contribution in [2.24, 2.45) is 0 Å². The predicted molar refractivity (Wildman–Crippen MR) is 92.0 cm³/mol. The molecule has 132 valence electrons. The molecule has 0 N–H and O–H groups in total. The van der Waals surface area contributed by atoms with Crippen LogP contribution < -0.4 is 0 Å². The van der Waals surface area contributed by atoms with Crippen molar-refractivity contribution in [3.05, 3.63) is 29.9 Å². The lowest BCUT2D eigenvalue weighted by molar-refractivity contribution is 0.0664. The van der Waals surface area contributed by atoms with Gasteiger partial charge in [-0.15, -0.1) is 0 Å². The van der Waals surface area contributed by atoms with E-state index in [1.165, 1.54) is 6.42 Å². The van der Waals surface area contributed by atoms with Crippen LogP contribution in [0.15, 0.2) is 23.0 Å². The number of aryl methyl sites for hydroxylation is 1. The maximum atomic E-state index is 13.3. The van der Waals surface area contributed by atoms with Gasteiger partial charge in [-0.3, -0.25) is 9.78 Å². The monoisotopic (exact) mass is 341 g/mol. The van der Waals surface area contributed by atoms with E-state index < -0.39 is 0 Å². The molecule has 7 nitrogen and oxygen atoms in total. The lowest BCUT2D eigenvalue weighted by Gasteiger charge is -2.33. The summed E-state index contributed by atoms with van der Waals surface area (Å²) < 4.78 is 5.08. The van der Waals surface area contributed by atoms with Gasteiger partial charge in [0.1, 0.15) is 0 Å². The average molecular weight is 341 g/mol. The van der Waals surface area contributed by atoms with E-state index in [1.54, 1.807) is 25.4 Å². The molecule has 0 radical (unpaired) electrons. The Hall–Kier alpha value is -2.28. The van der Waals surface area contributed by atoms with Crippen LogP contribution in [0.2, 0.25) is 0 Å². The van der Waals surface area contributed by atoms with E-state index in [9.17, 15) is 4.79 Å². The highest BCUT2D eigenvalue weighted by atomic mass is 16.5. The van der Waals surface area contributed by atoms with E-state index in [1.807, 2.05) is 4.90 Å². The van der Waals surface area contributed by atoms with Gasteiger partial charge in [-0.1, -0.05) is 5.16 Å². The Labute approximate surface area is 147 Å². The van der Waals surface area contributed by atoms with E-state index >= 15 is 0 Å². The first-order valence-corrected chi connectivity index (χ1v) is 8.91. The summed E-state index contributed by atoms with van der Waals surface area (Å²) in [4.78, 5) is 26.2. The van der Waals surface area contributed by atoms with Crippen molar-refractivity contribution in [1.29, 1.82) is 0 Å². The maximum Gasteiger partial charge on any atom is 0.256 e. The third-order valence-electron chi connectivity index (χ3n) is 5.40. The van der Waals surface area contributed by atoms with Crippen molar-refractivity contribution < 1.29 is 9.32 Å². The molecule has 2 fully saturated rings. The zero-order valence-corrected chi connectivity index (χ0v) is 14.7. The van der Waals surface area contributed by atoms with E-state index in [2.05, 4.69) is 27.1 Å². The Morgan fingerprint density at radius 2 is 2.04 bits per heavy atom. The van der Waals surface area contributed by atoms with Gasteiger partial charge >= 0.3 is 0 Å². The predicted octanol–water partition coefficient (Wildman–Crippen LogP) is 2.14. The van der Waals surface area contributed by atoms with Crippen LogP contribution in [0.5, 0.6) is 0 Å². The number of nitrogens with zero attached hydrogens (tertiary/aromatic N) is 5. The van der Waals surface area contributed by atoms with Crippen LogP contribution in [0, 0.1) is 6.92 Å². The standard InChI is InChI=1S/C18H23N5O2/c1-12-20-17(21-25-12)13-7-8-19-11-14(13)18(24)23-10-4-6-16(23)15-5-3-9-22(15)2/h7-8,11,15-16H,3-6,9-10H2,1-2H3/t15-,16-/m0/s1. The Kier molecular flexibility index (Phi) is 4.25. The van der Waals surface area contributed by atoms with Crippen LogP contribution in [-0.2, 0) is 0 Å². The van der Waals surface area contributed by atoms with Crippen molar-refractivity contribution >= 4 is 5.91 Å². The molecule has 0 aliphatic carbocycles. The minimum Gasteiger partial charge on any atom is -0.339 e. The molecular formula is C18H23N5O2. The van der Waals surface area contributed by atoms with Crippen LogP contribution in [-0.4, -0.2) is 63.1 Å². The fourth-order valence-corrected chi connectivity index (χ4v) is 4.19. The van der Waals surface area contributed by atoms with Gasteiger partial charge in [-0.25, -0.2) is 0 Å². The first kappa shape index (κ1) is 16.2. The molecule has 1 amide bonds. The molecule has 2 aromatic rings. The van der Waals surface area contributed by atoms with E-state index in [-0.39, 0.29) is 11.9 Å². The topological polar surface area (TPSA) is 75.4 Å². The highest BCUT2D eigenvalue weighted by Crippen LogP contribution is 2.31. The van der Waals surface area contributed by atoms with Crippen molar-refractivity contribution in [1.82, 2.24) is 24.9 Å². The van der Waals surface area contributed by atoms with Gasteiger partial charge in [0.2, 0.25) is 11.7 Å². The molecule has 0 saturated carbocycles. The van der Waals surface area contributed by atoms with Crippen LogP contribution in [0.3, 0.4) is 0 Å². The number of carbonyl (C=O) groups excluding carboxylic acids is 1. The second-order valence-corrected chi connectivity index (χ2v) is 6.96. The number of aromatic nitrogens is 3. The van der Waals surface area contributed by atoms with E-state index in [4.69, 9.17) is 4.52 Å². The second-order valence-electron chi connectivity index (χ2n) is 6.96. The van der Waals surface area contributed by atoms with Crippen molar-refractivity contribution in [3.63, 3.8) is 0 Å². The molecule has 0 aromatic carbocycles. The summed E-state index contributed by atoms with van der Waals surface area (Å²) in [5.74, 6) is 0.946. The number of hydrogen-bond donors (Lipinski definition) is 0. The molecule has 2 saturated heterocycles. The molecule has 0 bridgehead atoms. The molecule has 0 spiro atoms.